The van der Waals surface area contributed by atoms with E-state index in [9.17, 15) is 18.0 Å². The molecule has 1 saturated heterocycles. The molecule has 1 aromatic carbocycles. The van der Waals surface area contributed by atoms with Gasteiger partial charge in [-0.1, -0.05) is 18.2 Å². The number of urea groups is 1. The fraction of sp³-hybridized carbons (Fsp3) is 0.450. The lowest BCUT2D eigenvalue weighted by Crippen LogP contribution is -2.45. The topological polar surface area (TPSA) is 45.5 Å². The second kappa shape index (κ2) is 8.50. The van der Waals surface area contributed by atoms with Crippen LogP contribution in [0.2, 0.25) is 0 Å². The first-order valence-electron chi connectivity index (χ1n) is 9.14. The van der Waals surface area contributed by atoms with Crippen molar-refractivity contribution in [3.63, 3.8) is 0 Å². The Hall–Kier alpha value is -2.44. The molecule has 7 heteroatoms. The molecule has 0 unspecified atom stereocenters. The van der Waals surface area contributed by atoms with Gasteiger partial charge in [0.05, 0.1) is 18.4 Å². The molecule has 1 atom stereocenters. The molecule has 1 aliphatic rings. The number of benzene rings is 1. The van der Waals surface area contributed by atoms with Crippen LogP contribution in [0.1, 0.15) is 36.1 Å². The van der Waals surface area contributed by atoms with Gasteiger partial charge in [-0.05, 0) is 55.4 Å². The molecular formula is C20H23F3N2O2. The van der Waals surface area contributed by atoms with Crippen LogP contribution in [0, 0.1) is 5.92 Å². The molecule has 1 aliphatic heterocycles. The van der Waals surface area contributed by atoms with Crippen molar-refractivity contribution in [3.05, 3.63) is 59.5 Å². The third-order valence-electron chi connectivity index (χ3n) is 4.94. The predicted molar refractivity (Wildman–Crippen MR) is 95.0 cm³/mol. The first-order chi connectivity index (χ1) is 12.9. The Labute approximate surface area is 156 Å². The van der Waals surface area contributed by atoms with Crippen molar-refractivity contribution in [2.45, 2.75) is 38.4 Å². The monoisotopic (exact) mass is 380 g/mol. The number of carbonyl (C=O) groups is 1. The average Bonchev–Trinajstić information content (AvgIpc) is 3.18. The zero-order chi connectivity index (χ0) is 19.3. The van der Waals surface area contributed by atoms with Gasteiger partial charge in [0.2, 0.25) is 0 Å². The molecule has 2 amide bonds. The number of alkyl halides is 3. The maximum absolute atomic E-state index is 13.1. The Bertz CT molecular complexity index is 744. The number of hydrogen-bond acceptors (Lipinski definition) is 2. The highest BCUT2D eigenvalue weighted by molar-refractivity contribution is 5.74. The summed E-state index contributed by atoms with van der Waals surface area (Å²) >= 11 is 0. The number of aryl methyl sites for hydroxylation is 1. The van der Waals surface area contributed by atoms with E-state index in [1.165, 1.54) is 6.07 Å². The van der Waals surface area contributed by atoms with Gasteiger partial charge in [0, 0.05) is 13.1 Å². The summed E-state index contributed by atoms with van der Waals surface area (Å²) in [6.07, 6.45) is 0.00526. The van der Waals surface area contributed by atoms with Crippen molar-refractivity contribution in [2.24, 2.45) is 5.92 Å². The molecule has 0 radical (unpaired) electrons. The Balaban J connectivity index is 1.52. The third-order valence-corrected chi connectivity index (χ3v) is 4.94. The van der Waals surface area contributed by atoms with Crippen molar-refractivity contribution in [3.8, 4) is 0 Å². The minimum absolute atomic E-state index is 0.160. The van der Waals surface area contributed by atoms with Gasteiger partial charge in [0.25, 0.3) is 0 Å². The smallest absolute Gasteiger partial charge is 0.416 e. The van der Waals surface area contributed by atoms with Crippen LogP contribution in [0.25, 0.3) is 0 Å². The van der Waals surface area contributed by atoms with Crippen LogP contribution in [-0.2, 0) is 19.1 Å². The molecule has 27 heavy (non-hydrogen) atoms. The molecule has 1 N–H and O–H groups in total. The summed E-state index contributed by atoms with van der Waals surface area (Å²) in [7, 11) is 0. The summed E-state index contributed by atoms with van der Waals surface area (Å²) < 4.78 is 44.5. The van der Waals surface area contributed by atoms with Crippen LogP contribution in [0.15, 0.2) is 47.1 Å². The largest absolute Gasteiger partial charge is 0.467 e. The molecule has 0 spiro atoms. The van der Waals surface area contributed by atoms with Crippen LogP contribution in [-0.4, -0.2) is 24.0 Å². The van der Waals surface area contributed by atoms with E-state index in [-0.39, 0.29) is 11.9 Å². The standard InChI is InChI=1S/C20H23F3N2O2/c21-20(22,23)18-8-2-1-6-16(18)10-9-15-5-3-11-25(14-15)19(26)24-13-17-7-4-12-27-17/h1-2,4,6-8,12,15H,3,5,9-11,13-14H2,(H,24,26)/t15-/m1/s1. The summed E-state index contributed by atoms with van der Waals surface area (Å²) in [4.78, 5) is 14.1. The van der Waals surface area contributed by atoms with Crippen LogP contribution in [0.5, 0.6) is 0 Å². The van der Waals surface area contributed by atoms with E-state index in [1.54, 1.807) is 35.4 Å². The molecule has 1 fully saturated rings. The quantitative estimate of drug-likeness (QED) is 0.806. The lowest BCUT2D eigenvalue weighted by Gasteiger charge is -2.33. The highest BCUT2D eigenvalue weighted by Crippen LogP contribution is 2.33. The molecular weight excluding hydrogens is 357 g/mol. The molecule has 0 saturated carbocycles. The van der Waals surface area contributed by atoms with Gasteiger partial charge in [0.15, 0.2) is 0 Å². The van der Waals surface area contributed by atoms with Crippen LogP contribution >= 0.6 is 0 Å². The highest BCUT2D eigenvalue weighted by Gasteiger charge is 2.33. The number of halogens is 3. The lowest BCUT2D eigenvalue weighted by atomic mass is 9.90. The summed E-state index contributed by atoms with van der Waals surface area (Å²) in [5, 5.41) is 2.82. The normalized spacial score (nSPS) is 17.7. The molecule has 2 heterocycles. The fourth-order valence-corrected chi connectivity index (χ4v) is 3.55. The molecule has 0 bridgehead atoms. The van der Waals surface area contributed by atoms with E-state index in [2.05, 4.69) is 5.32 Å². The Morgan fingerprint density at radius 2 is 2.04 bits per heavy atom. The summed E-state index contributed by atoms with van der Waals surface area (Å²) in [5.41, 5.74) is -0.238. The molecule has 4 nitrogen and oxygen atoms in total. The van der Waals surface area contributed by atoms with Crippen molar-refractivity contribution >= 4 is 6.03 Å². The molecule has 146 valence electrons. The fourth-order valence-electron chi connectivity index (χ4n) is 3.55. The number of rotatable bonds is 5. The zero-order valence-corrected chi connectivity index (χ0v) is 15.0. The van der Waals surface area contributed by atoms with E-state index in [1.807, 2.05) is 0 Å². The van der Waals surface area contributed by atoms with Gasteiger partial charge in [-0.3, -0.25) is 0 Å². The van der Waals surface area contributed by atoms with E-state index in [0.717, 1.165) is 18.9 Å². The number of hydrogen-bond donors (Lipinski definition) is 1. The van der Waals surface area contributed by atoms with Crippen molar-refractivity contribution < 1.29 is 22.4 Å². The number of furan rings is 1. The number of nitrogens with one attached hydrogen (secondary N) is 1. The zero-order valence-electron chi connectivity index (χ0n) is 15.0. The lowest BCUT2D eigenvalue weighted by molar-refractivity contribution is -0.138. The predicted octanol–water partition coefficient (Wildman–Crippen LogP) is 4.85. The number of nitrogens with zero attached hydrogens (tertiary/aromatic N) is 1. The number of amides is 2. The van der Waals surface area contributed by atoms with Crippen molar-refractivity contribution in [1.29, 1.82) is 0 Å². The van der Waals surface area contributed by atoms with Gasteiger partial charge in [-0.25, -0.2) is 4.79 Å². The van der Waals surface area contributed by atoms with Gasteiger partial charge in [-0.15, -0.1) is 0 Å². The molecule has 3 rings (SSSR count). The molecule has 0 aliphatic carbocycles. The second-order valence-corrected chi connectivity index (χ2v) is 6.89. The number of carbonyl (C=O) groups excluding carboxylic acids is 1. The van der Waals surface area contributed by atoms with Crippen molar-refractivity contribution in [1.82, 2.24) is 10.2 Å². The number of likely N-dealkylation sites (tertiary alicyclic amines) is 1. The SMILES string of the molecule is O=C(NCc1ccco1)N1CCC[C@H](CCc2ccccc2C(F)(F)F)C1. The molecule has 1 aromatic heterocycles. The Kier molecular flexibility index (Phi) is 6.08. The van der Waals surface area contributed by atoms with Crippen LogP contribution in [0.4, 0.5) is 18.0 Å². The van der Waals surface area contributed by atoms with Crippen LogP contribution in [0.3, 0.4) is 0 Å². The van der Waals surface area contributed by atoms with Gasteiger partial charge >= 0.3 is 12.2 Å². The first-order valence-corrected chi connectivity index (χ1v) is 9.14. The number of piperidine rings is 1. The summed E-state index contributed by atoms with van der Waals surface area (Å²) in [5.74, 6) is 0.884. The van der Waals surface area contributed by atoms with E-state index in [0.29, 0.717) is 43.8 Å². The van der Waals surface area contributed by atoms with Gasteiger partial charge in [0.1, 0.15) is 5.76 Å². The van der Waals surface area contributed by atoms with Crippen LogP contribution < -0.4 is 5.32 Å². The first kappa shape index (κ1) is 19.3. The maximum Gasteiger partial charge on any atom is 0.416 e. The third kappa shape index (κ3) is 5.28. The average molecular weight is 380 g/mol. The second-order valence-electron chi connectivity index (χ2n) is 6.89. The Morgan fingerprint density at radius 1 is 1.22 bits per heavy atom. The minimum atomic E-state index is -4.33. The van der Waals surface area contributed by atoms with Gasteiger partial charge < -0.3 is 14.6 Å². The van der Waals surface area contributed by atoms with E-state index >= 15 is 0 Å². The molecule has 2 aromatic rings. The summed E-state index contributed by atoms with van der Waals surface area (Å²) in [6.45, 7) is 1.56. The Morgan fingerprint density at radius 3 is 2.78 bits per heavy atom. The maximum atomic E-state index is 13.1. The van der Waals surface area contributed by atoms with E-state index in [4.69, 9.17) is 4.42 Å². The van der Waals surface area contributed by atoms with E-state index < -0.39 is 11.7 Å². The van der Waals surface area contributed by atoms with Gasteiger partial charge in [-0.2, -0.15) is 13.2 Å². The van der Waals surface area contributed by atoms with Crippen molar-refractivity contribution in [2.75, 3.05) is 13.1 Å². The highest BCUT2D eigenvalue weighted by atomic mass is 19.4. The minimum Gasteiger partial charge on any atom is -0.467 e. The summed E-state index contributed by atoms with van der Waals surface area (Å²) in [6, 6.07) is 9.11.